The first kappa shape index (κ1) is 18.6. The standard InChI is InChI=1S/C18H17Cl2N3O3/c19-14-5-3-6-15(20)17(14)18(24)22-10-8-21(9-11-22)12-13-4-1-2-7-16(13)23(25)26/h1-7H,8-12H2. The molecule has 0 N–H and O–H groups in total. The van der Waals surface area contributed by atoms with Gasteiger partial charge in [0, 0.05) is 44.4 Å². The number of benzene rings is 2. The third kappa shape index (κ3) is 3.98. The van der Waals surface area contributed by atoms with Crippen LogP contribution >= 0.6 is 23.2 Å². The molecule has 136 valence electrons. The number of para-hydroxylation sites is 1. The number of amides is 1. The van der Waals surface area contributed by atoms with Gasteiger partial charge in [0.2, 0.25) is 0 Å². The first-order chi connectivity index (χ1) is 12.5. The second-order valence-corrected chi connectivity index (χ2v) is 6.87. The van der Waals surface area contributed by atoms with Crippen molar-refractivity contribution in [3.8, 4) is 0 Å². The fraction of sp³-hybridized carbons (Fsp3) is 0.278. The van der Waals surface area contributed by atoms with Gasteiger partial charge in [-0.15, -0.1) is 0 Å². The van der Waals surface area contributed by atoms with Crippen molar-refractivity contribution >= 4 is 34.8 Å². The van der Waals surface area contributed by atoms with Gasteiger partial charge in [-0.2, -0.15) is 0 Å². The Morgan fingerprint density at radius 3 is 2.23 bits per heavy atom. The average Bonchev–Trinajstić information content (AvgIpc) is 2.62. The Hall–Kier alpha value is -2.15. The summed E-state index contributed by atoms with van der Waals surface area (Å²) in [5, 5.41) is 11.8. The molecule has 1 heterocycles. The number of nitro groups is 1. The van der Waals surface area contributed by atoms with Gasteiger partial charge in [0.15, 0.2) is 0 Å². The van der Waals surface area contributed by atoms with Gasteiger partial charge in [0.1, 0.15) is 0 Å². The van der Waals surface area contributed by atoms with Crippen molar-refractivity contribution in [3.05, 3.63) is 73.8 Å². The molecule has 0 atom stereocenters. The summed E-state index contributed by atoms with van der Waals surface area (Å²) < 4.78 is 0. The van der Waals surface area contributed by atoms with Crippen LogP contribution in [0.25, 0.3) is 0 Å². The highest BCUT2D eigenvalue weighted by Gasteiger charge is 2.26. The second kappa shape index (κ2) is 8.03. The maximum atomic E-state index is 12.7. The monoisotopic (exact) mass is 393 g/mol. The minimum Gasteiger partial charge on any atom is -0.336 e. The van der Waals surface area contributed by atoms with Crippen molar-refractivity contribution in [2.24, 2.45) is 0 Å². The molecule has 2 aromatic rings. The summed E-state index contributed by atoms with van der Waals surface area (Å²) in [5.41, 5.74) is 1.11. The van der Waals surface area contributed by atoms with Gasteiger partial charge in [-0.1, -0.05) is 47.5 Å². The Bertz CT molecular complexity index is 816. The molecule has 1 aliphatic heterocycles. The van der Waals surface area contributed by atoms with Crippen molar-refractivity contribution in [1.29, 1.82) is 0 Å². The number of halogens is 2. The SMILES string of the molecule is O=C(c1c(Cl)cccc1Cl)N1CCN(Cc2ccccc2[N+](=O)[O-])CC1. The highest BCUT2D eigenvalue weighted by molar-refractivity contribution is 6.39. The van der Waals surface area contributed by atoms with E-state index >= 15 is 0 Å². The lowest BCUT2D eigenvalue weighted by Gasteiger charge is -2.35. The van der Waals surface area contributed by atoms with E-state index in [1.165, 1.54) is 6.07 Å². The smallest absolute Gasteiger partial charge is 0.273 e. The van der Waals surface area contributed by atoms with Gasteiger partial charge >= 0.3 is 0 Å². The molecule has 3 rings (SSSR count). The zero-order chi connectivity index (χ0) is 18.7. The maximum absolute atomic E-state index is 12.7. The van der Waals surface area contributed by atoms with E-state index in [9.17, 15) is 14.9 Å². The zero-order valence-electron chi connectivity index (χ0n) is 13.9. The zero-order valence-corrected chi connectivity index (χ0v) is 15.4. The largest absolute Gasteiger partial charge is 0.336 e. The van der Waals surface area contributed by atoms with E-state index in [4.69, 9.17) is 23.2 Å². The third-order valence-electron chi connectivity index (χ3n) is 4.42. The van der Waals surface area contributed by atoms with Crippen LogP contribution in [0.15, 0.2) is 42.5 Å². The molecule has 26 heavy (non-hydrogen) atoms. The van der Waals surface area contributed by atoms with Crippen LogP contribution in [0.1, 0.15) is 15.9 Å². The van der Waals surface area contributed by atoms with E-state index < -0.39 is 0 Å². The molecular formula is C18H17Cl2N3O3. The normalized spacial score (nSPS) is 15.1. The molecule has 8 heteroatoms. The van der Waals surface area contributed by atoms with Crippen molar-refractivity contribution in [2.45, 2.75) is 6.54 Å². The Balaban J connectivity index is 1.65. The molecule has 0 unspecified atom stereocenters. The van der Waals surface area contributed by atoms with E-state index in [2.05, 4.69) is 4.90 Å². The van der Waals surface area contributed by atoms with Crippen LogP contribution in [0.4, 0.5) is 5.69 Å². The molecule has 6 nitrogen and oxygen atoms in total. The number of rotatable bonds is 4. The van der Waals surface area contributed by atoms with Crippen molar-refractivity contribution < 1.29 is 9.72 Å². The summed E-state index contributed by atoms with van der Waals surface area (Å²) in [4.78, 5) is 27.3. The van der Waals surface area contributed by atoms with Crippen LogP contribution in [0.5, 0.6) is 0 Å². The fourth-order valence-electron chi connectivity index (χ4n) is 3.03. The lowest BCUT2D eigenvalue weighted by atomic mass is 10.1. The number of nitro benzene ring substituents is 1. The first-order valence-electron chi connectivity index (χ1n) is 8.15. The van der Waals surface area contributed by atoms with Gasteiger partial charge in [0.25, 0.3) is 11.6 Å². The minimum atomic E-state index is -0.367. The summed E-state index contributed by atoms with van der Waals surface area (Å²) in [7, 11) is 0. The number of carbonyl (C=O) groups excluding carboxylic acids is 1. The maximum Gasteiger partial charge on any atom is 0.273 e. The molecule has 1 amide bonds. The van der Waals surface area contributed by atoms with Crippen LogP contribution in [0.3, 0.4) is 0 Å². The van der Waals surface area contributed by atoms with Crippen LogP contribution in [0, 0.1) is 10.1 Å². The second-order valence-electron chi connectivity index (χ2n) is 6.05. The number of carbonyl (C=O) groups is 1. The van der Waals surface area contributed by atoms with E-state index in [1.54, 1.807) is 41.3 Å². The summed E-state index contributed by atoms with van der Waals surface area (Å²) in [6.45, 7) is 2.76. The predicted octanol–water partition coefficient (Wildman–Crippen LogP) is 3.86. The van der Waals surface area contributed by atoms with Crippen molar-refractivity contribution in [1.82, 2.24) is 9.80 Å². The first-order valence-corrected chi connectivity index (χ1v) is 8.91. The van der Waals surface area contributed by atoms with E-state index in [-0.39, 0.29) is 16.5 Å². The molecule has 1 saturated heterocycles. The van der Waals surface area contributed by atoms with Crippen molar-refractivity contribution in [3.63, 3.8) is 0 Å². The Morgan fingerprint density at radius 1 is 1.00 bits per heavy atom. The van der Waals surface area contributed by atoms with Crippen LogP contribution < -0.4 is 0 Å². The van der Waals surface area contributed by atoms with E-state index in [0.717, 1.165) is 0 Å². The molecule has 2 aromatic carbocycles. The Morgan fingerprint density at radius 2 is 1.62 bits per heavy atom. The molecule has 0 spiro atoms. The van der Waals surface area contributed by atoms with E-state index in [0.29, 0.717) is 53.9 Å². The molecule has 0 bridgehead atoms. The minimum absolute atomic E-state index is 0.119. The summed E-state index contributed by atoms with van der Waals surface area (Å²) in [6.07, 6.45) is 0. The number of hydrogen-bond donors (Lipinski definition) is 0. The Kier molecular flexibility index (Phi) is 5.76. The van der Waals surface area contributed by atoms with Crippen LogP contribution in [0.2, 0.25) is 10.0 Å². The summed E-state index contributed by atoms with van der Waals surface area (Å²) >= 11 is 12.2. The fourth-order valence-corrected chi connectivity index (χ4v) is 3.59. The van der Waals surface area contributed by atoms with Gasteiger partial charge in [-0.25, -0.2) is 0 Å². The van der Waals surface area contributed by atoms with Crippen molar-refractivity contribution in [2.75, 3.05) is 26.2 Å². The number of piperazine rings is 1. The molecule has 1 fully saturated rings. The lowest BCUT2D eigenvalue weighted by molar-refractivity contribution is -0.385. The van der Waals surface area contributed by atoms with Gasteiger partial charge in [0.05, 0.1) is 20.5 Å². The van der Waals surface area contributed by atoms with E-state index in [1.807, 2.05) is 0 Å². The third-order valence-corrected chi connectivity index (χ3v) is 5.05. The predicted molar refractivity (Wildman–Crippen MR) is 101 cm³/mol. The lowest BCUT2D eigenvalue weighted by Crippen LogP contribution is -2.48. The number of nitrogens with zero attached hydrogens (tertiary/aromatic N) is 3. The topological polar surface area (TPSA) is 66.7 Å². The molecule has 0 aromatic heterocycles. The summed E-state index contributed by atoms with van der Waals surface area (Å²) in [5.74, 6) is -0.189. The molecule has 0 aliphatic carbocycles. The van der Waals surface area contributed by atoms with Gasteiger partial charge < -0.3 is 4.90 Å². The molecule has 1 aliphatic rings. The van der Waals surface area contributed by atoms with Crippen LogP contribution in [-0.4, -0.2) is 46.8 Å². The quantitative estimate of drug-likeness (QED) is 0.584. The number of hydrogen-bond acceptors (Lipinski definition) is 4. The summed E-state index contributed by atoms with van der Waals surface area (Å²) in [6, 6.07) is 11.7. The molecule has 0 radical (unpaired) electrons. The highest BCUT2D eigenvalue weighted by Crippen LogP contribution is 2.26. The average molecular weight is 394 g/mol. The molecule has 0 saturated carbocycles. The highest BCUT2D eigenvalue weighted by atomic mass is 35.5. The molecular weight excluding hydrogens is 377 g/mol. The van der Waals surface area contributed by atoms with Gasteiger partial charge in [-0.05, 0) is 12.1 Å². The Labute approximate surface area is 161 Å². The van der Waals surface area contributed by atoms with Gasteiger partial charge in [-0.3, -0.25) is 19.8 Å². The van der Waals surface area contributed by atoms with Crippen LogP contribution in [-0.2, 0) is 6.54 Å².